The summed E-state index contributed by atoms with van der Waals surface area (Å²) in [5.41, 5.74) is 4.16. The van der Waals surface area contributed by atoms with Crippen LogP contribution < -0.4 is 10.2 Å². The van der Waals surface area contributed by atoms with Gasteiger partial charge in [0.05, 0.1) is 11.3 Å². The lowest BCUT2D eigenvalue weighted by Gasteiger charge is -2.36. The largest absolute Gasteiger partial charge is 0.368 e. The third-order valence-electron chi connectivity index (χ3n) is 6.29. The zero-order valence-corrected chi connectivity index (χ0v) is 19.9. The van der Waals surface area contributed by atoms with Crippen molar-refractivity contribution >= 4 is 28.9 Å². The van der Waals surface area contributed by atoms with Gasteiger partial charge < -0.3 is 20.0 Å². The number of hydrogen-bond donors (Lipinski definition) is 1. The Morgan fingerprint density at radius 3 is 2.06 bits per heavy atom. The maximum Gasteiger partial charge on any atom is 0.255 e. The molecule has 0 unspecified atom stereocenters. The van der Waals surface area contributed by atoms with E-state index in [0.29, 0.717) is 31.7 Å². The first-order chi connectivity index (χ1) is 16.6. The van der Waals surface area contributed by atoms with Crippen LogP contribution in [0.25, 0.3) is 0 Å². The second kappa shape index (κ2) is 10.9. The van der Waals surface area contributed by atoms with Crippen molar-refractivity contribution < 1.29 is 9.59 Å². The highest BCUT2D eigenvalue weighted by Crippen LogP contribution is 2.29. The van der Waals surface area contributed by atoms with Crippen LogP contribution in [0.2, 0.25) is 0 Å². The molecule has 0 radical (unpaired) electrons. The van der Waals surface area contributed by atoms with E-state index in [0.717, 1.165) is 35.7 Å². The number of benzene rings is 3. The number of rotatable bonds is 7. The van der Waals surface area contributed by atoms with Gasteiger partial charge in [0.1, 0.15) is 0 Å². The minimum absolute atomic E-state index is 0.0215. The molecule has 176 valence electrons. The zero-order valence-electron chi connectivity index (χ0n) is 19.9. The van der Waals surface area contributed by atoms with E-state index in [-0.39, 0.29) is 11.8 Å². The topological polar surface area (TPSA) is 55.9 Å². The Kier molecular flexibility index (Phi) is 7.48. The summed E-state index contributed by atoms with van der Waals surface area (Å²) >= 11 is 0. The van der Waals surface area contributed by atoms with Crippen molar-refractivity contribution in [1.82, 2.24) is 9.80 Å². The van der Waals surface area contributed by atoms with Crippen molar-refractivity contribution in [2.75, 3.05) is 49.5 Å². The van der Waals surface area contributed by atoms with E-state index in [1.165, 1.54) is 0 Å². The maximum absolute atomic E-state index is 13.2. The predicted molar refractivity (Wildman–Crippen MR) is 138 cm³/mol. The van der Waals surface area contributed by atoms with Crippen LogP contribution in [0, 0.1) is 0 Å². The van der Waals surface area contributed by atoms with Crippen molar-refractivity contribution in [3.8, 4) is 0 Å². The Morgan fingerprint density at radius 2 is 1.44 bits per heavy atom. The van der Waals surface area contributed by atoms with E-state index < -0.39 is 0 Å². The van der Waals surface area contributed by atoms with Crippen LogP contribution >= 0.6 is 0 Å². The van der Waals surface area contributed by atoms with Gasteiger partial charge in [0.15, 0.2) is 0 Å². The highest BCUT2D eigenvalue weighted by atomic mass is 16.2. The first-order valence-corrected chi connectivity index (χ1v) is 12.0. The van der Waals surface area contributed by atoms with Gasteiger partial charge in [0.25, 0.3) is 11.8 Å². The predicted octanol–water partition coefficient (Wildman–Crippen LogP) is 4.87. The second-order valence-corrected chi connectivity index (χ2v) is 8.34. The number of nitrogens with one attached hydrogen (secondary N) is 1. The number of hydrogen-bond acceptors (Lipinski definition) is 4. The fourth-order valence-electron chi connectivity index (χ4n) is 4.31. The molecule has 34 heavy (non-hydrogen) atoms. The summed E-state index contributed by atoms with van der Waals surface area (Å²) in [6, 6.07) is 25.3. The number of amides is 2. The molecule has 0 atom stereocenters. The molecule has 1 aliphatic heterocycles. The van der Waals surface area contributed by atoms with Gasteiger partial charge in [-0.05, 0) is 56.3 Å². The highest BCUT2D eigenvalue weighted by molar-refractivity contribution is 6.01. The standard InChI is InChI=1S/C28H32N4O2/c1-3-30(4-2)28(34)25-16-15-24(21-26(25)29-23-13-9-6-10-14-23)31-17-19-32(20-18-31)27(33)22-11-7-5-8-12-22/h5-16,21,29H,3-4,17-20H2,1-2H3. The smallest absolute Gasteiger partial charge is 0.255 e. The third-order valence-corrected chi connectivity index (χ3v) is 6.29. The molecule has 6 nitrogen and oxygen atoms in total. The van der Waals surface area contributed by atoms with Gasteiger partial charge in [-0.2, -0.15) is 0 Å². The van der Waals surface area contributed by atoms with Crippen molar-refractivity contribution in [2.24, 2.45) is 0 Å². The molecular formula is C28H32N4O2. The summed E-state index contributed by atoms with van der Waals surface area (Å²) in [5, 5.41) is 3.45. The van der Waals surface area contributed by atoms with E-state index in [1.54, 1.807) is 0 Å². The van der Waals surface area contributed by atoms with Crippen molar-refractivity contribution in [3.63, 3.8) is 0 Å². The van der Waals surface area contributed by atoms with Crippen LogP contribution in [0.4, 0.5) is 17.1 Å². The zero-order chi connectivity index (χ0) is 23.9. The van der Waals surface area contributed by atoms with Crippen LogP contribution in [0.15, 0.2) is 78.9 Å². The quantitative estimate of drug-likeness (QED) is 0.551. The molecule has 4 rings (SSSR count). The maximum atomic E-state index is 13.2. The molecule has 6 heteroatoms. The molecule has 1 aliphatic rings. The van der Waals surface area contributed by atoms with E-state index in [9.17, 15) is 9.59 Å². The summed E-state index contributed by atoms with van der Waals surface area (Å²) in [6.07, 6.45) is 0. The Morgan fingerprint density at radius 1 is 0.824 bits per heavy atom. The first kappa shape index (κ1) is 23.4. The van der Waals surface area contributed by atoms with Gasteiger partial charge >= 0.3 is 0 Å². The monoisotopic (exact) mass is 456 g/mol. The number of piperazine rings is 1. The van der Waals surface area contributed by atoms with Crippen molar-refractivity contribution in [1.29, 1.82) is 0 Å². The summed E-state index contributed by atoms with van der Waals surface area (Å²) in [7, 11) is 0. The molecule has 0 bridgehead atoms. The van der Waals surface area contributed by atoms with Crippen LogP contribution in [-0.2, 0) is 0 Å². The summed E-state index contributed by atoms with van der Waals surface area (Å²) in [6.45, 7) is 8.13. The molecule has 0 aromatic heterocycles. The molecule has 1 saturated heterocycles. The van der Waals surface area contributed by atoms with Crippen molar-refractivity contribution in [3.05, 3.63) is 90.0 Å². The van der Waals surface area contributed by atoms with E-state index >= 15 is 0 Å². The Labute approximate surface area is 201 Å². The van der Waals surface area contributed by atoms with E-state index in [4.69, 9.17) is 0 Å². The minimum Gasteiger partial charge on any atom is -0.368 e. The lowest BCUT2D eigenvalue weighted by atomic mass is 10.1. The number of anilines is 3. The minimum atomic E-state index is 0.0215. The Bertz CT molecular complexity index is 1110. The Hall–Kier alpha value is -3.80. The van der Waals surface area contributed by atoms with Crippen molar-refractivity contribution in [2.45, 2.75) is 13.8 Å². The molecule has 1 heterocycles. The lowest BCUT2D eigenvalue weighted by Crippen LogP contribution is -2.48. The average Bonchev–Trinajstić information content (AvgIpc) is 2.90. The normalized spacial score (nSPS) is 13.5. The molecule has 0 aliphatic carbocycles. The third kappa shape index (κ3) is 5.22. The highest BCUT2D eigenvalue weighted by Gasteiger charge is 2.24. The SMILES string of the molecule is CCN(CC)C(=O)c1ccc(N2CCN(C(=O)c3ccccc3)CC2)cc1Nc1ccccc1. The first-order valence-electron chi connectivity index (χ1n) is 12.0. The lowest BCUT2D eigenvalue weighted by molar-refractivity contribution is 0.0744. The molecule has 3 aromatic carbocycles. The molecule has 2 amide bonds. The molecule has 0 saturated carbocycles. The van der Waals surface area contributed by atoms with Gasteiger partial charge in [-0.15, -0.1) is 0 Å². The van der Waals surface area contributed by atoms with Gasteiger partial charge in [-0.1, -0.05) is 36.4 Å². The number of nitrogens with zero attached hydrogens (tertiary/aromatic N) is 3. The van der Waals surface area contributed by atoms with Gasteiger partial charge in [-0.25, -0.2) is 0 Å². The van der Waals surface area contributed by atoms with Crippen LogP contribution in [0.1, 0.15) is 34.6 Å². The average molecular weight is 457 g/mol. The van der Waals surface area contributed by atoms with Crippen LogP contribution in [-0.4, -0.2) is 60.9 Å². The molecule has 1 N–H and O–H groups in total. The summed E-state index contributed by atoms with van der Waals surface area (Å²) in [5.74, 6) is 0.0973. The summed E-state index contributed by atoms with van der Waals surface area (Å²) < 4.78 is 0. The molecular weight excluding hydrogens is 424 g/mol. The van der Waals surface area contributed by atoms with Crippen LogP contribution in [0.3, 0.4) is 0 Å². The second-order valence-electron chi connectivity index (χ2n) is 8.34. The summed E-state index contributed by atoms with van der Waals surface area (Å²) in [4.78, 5) is 32.0. The van der Waals surface area contributed by atoms with Gasteiger partial charge in [0, 0.05) is 56.2 Å². The van der Waals surface area contributed by atoms with E-state index in [2.05, 4.69) is 16.3 Å². The number of carbonyl (C=O) groups is 2. The van der Waals surface area contributed by atoms with Gasteiger partial charge in [-0.3, -0.25) is 9.59 Å². The fourth-order valence-corrected chi connectivity index (χ4v) is 4.31. The Balaban J connectivity index is 1.54. The number of carbonyl (C=O) groups excluding carboxylic acids is 2. The number of para-hydroxylation sites is 1. The molecule has 3 aromatic rings. The molecule has 1 fully saturated rings. The van der Waals surface area contributed by atoms with Crippen LogP contribution in [0.5, 0.6) is 0 Å². The van der Waals surface area contributed by atoms with E-state index in [1.807, 2.05) is 96.4 Å². The molecule has 0 spiro atoms. The van der Waals surface area contributed by atoms with Gasteiger partial charge in [0.2, 0.25) is 0 Å². The fraction of sp³-hybridized carbons (Fsp3) is 0.286.